The van der Waals surface area contributed by atoms with Gasteiger partial charge in [0.15, 0.2) is 0 Å². The molecule has 1 aromatic heterocycles. The van der Waals surface area contributed by atoms with E-state index in [-0.39, 0.29) is 11.9 Å². The molecule has 3 aromatic rings. The van der Waals surface area contributed by atoms with Crippen molar-refractivity contribution in [1.82, 2.24) is 10.3 Å². The molecule has 2 aromatic carbocycles. The van der Waals surface area contributed by atoms with Crippen LogP contribution in [0.3, 0.4) is 0 Å². The van der Waals surface area contributed by atoms with Crippen LogP contribution in [0.2, 0.25) is 5.02 Å². The van der Waals surface area contributed by atoms with Crippen LogP contribution in [-0.2, 0) is 0 Å². The first-order valence-electron chi connectivity index (χ1n) is 7.80. The van der Waals surface area contributed by atoms with Gasteiger partial charge in [0.1, 0.15) is 5.69 Å². The molecule has 0 fully saturated rings. The van der Waals surface area contributed by atoms with E-state index in [9.17, 15) is 4.79 Å². The molecule has 1 atom stereocenters. The Balaban J connectivity index is 1.75. The van der Waals surface area contributed by atoms with Crippen LogP contribution < -0.4 is 10.2 Å². The number of aromatic amines is 1. The summed E-state index contributed by atoms with van der Waals surface area (Å²) in [6, 6.07) is 15.4. The van der Waals surface area contributed by atoms with Crippen molar-refractivity contribution >= 4 is 34.1 Å². The molecule has 0 saturated carbocycles. The molecule has 0 radical (unpaired) electrons. The summed E-state index contributed by atoms with van der Waals surface area (Å²) in [5.74, 6) is -0.133. The monoisotopic (exact) mass is 341 g/mol. The molecule has 124 valence electrons. The second kappa shape index (κ2) is 6.57. The van der Waals surface area contributed by atoms with Crippen molar-refractivity contribution in [1.29, 1.82) is 0 Å². The molecular weight excluding hydrogens is 322 g/mol. The second-order valence-electron chi connectivity index (χ2n) is 6.10. The van der Waals surface area contributed by atoms with Crippen molar-refractivity contribution in [2.24, 2.45) is 0 Å². The molecule has 0 aliphatic rings. The average molecular weight is 342 g/mol. The van der Waals surface area contributed by atoms with E-state index in [0.717, 1.165) is 22.2 Å². The summed E-state index contributed by atoms with van der Waals surface area (Å²) in [6.07, 6.45) is 0. The molecule has 0 aliphatic heterocycles. The standard InChI is InChI=1S/C19H20ClN3O/c1-12(13-4-7-16(8-5-13)23(2)3)21-19(24)18-11-14-10-15(20)6-9-17(14)22-18/h4-12,22H,1-3H3,(H,21,24). The van der Waals surface area contributed by atoms with Crippen LogP contribution in [0, 0.1) is 0 Å². The summed E-state index contributed by atoms with van der Waals surface area (Å²) in [5, 5.41) is 4.60. The number of H-pyrrole nitrogens is 1. The van der Waals surface area contributed by atoms with E-state index in [2.05, 4.69) is 10.3 Å². The second-order valence-corrected chi connectivity index (χ2v) is 6.53. The number of carbonyl (C=O) groups is 1. The maximum Gasteiger partial charge on any atom is 0.268 e. The fraction of sp³-hybridized carbons (Fsp3) is 0.211. The number of anilines is 1. The highest BCUT2D eigenvalue weighted by atomic mass is 35.5. The number of halogens is 1. The summed E-state index contributed by atoms with van der Waals surface area (Å²) in [7, 11) is 4.00. The molecule has 0 saturated heterocycles. The number of amides is 1. The van der Waals surface area contributed by atoms with Gasteiger partial charge in [0, 0.05) is 35.7 Å². The number of fused-ring (bicyclic) bond motifs is 1. The topological polar surface area (TPSA) is 48.1 Å². The third kappa shape index (κ3) is 3.39. The largest absolute Gasteiger partial charge is 0.378 e. The third-order valence-corrected chi connectivity index (χ3v) is 4.32. The first-order valence-corrected chi connectivity index (χ1v) is 8.18. The van der Waals surface area contributed by atoms with Gasteiger partial charge in [-0.2, -0.15) is 0 Å². The van der Waals surface area contributed by atoms with Crippen LogP contribution in [-0.4, -0.2) is 25.0 Å². The van der Waals surface area contributed by atoms with E-state index in [1.165, 1.54) is 0 Å². The summed E-state index contributed by atoms with van der Waals surface area (Å²) in [4.78, 5) is 17.6. The maximum atomic E-state index is 12.5. The molecule has 0 aliphatic carbocycles. The number of benzene rings is 2. The Labute approximate surface area is 146 Å². The lowest BCUT2D eigenvalue weighted by atomic mass is 10.1. The quantitative estimate of drug-likeness (QED) is 0.740. The predicted molar refractivity (Wildman–Crippen MR) is 100.0 cm³/mol. The minimum Gasteiger partial charge on any atom is -0.378 e. The van der Waals surface area contributed by atoms with Crippen molar-refractivity contribution in [3.05, 3.63) is 64.8 Å². The minimum absolute atomic E-state index is 0.0799. The summed E-state index contributed by atoms with van der Waals surface area (Å²) >= 11 is 5.99. The van der Waals surface area contributed by atoms with E-state index in [1.807, 2.05) is 68.4 Å². The maximum absolute atomic E-state index is 12.5. The Kier molecular flexibility index (Phi) is 4.49. The van der Waals surface area contributed by atoms with Gasteiger partial charge in [-0.1, -0.05) is 23.7 Å². The number of hydrogen-bond acceptors (Lipinski definition) is 2. The molecule has 2 N–H and O–H groups in total. The number of nitrogens with zero attached hydrogens (tertiary/aromatic N) is 1. The zero-order valence-corrected chi connectivity index (χ0v) is 14.7. The highest BCUT2D eigenvalue weighted by Gasteiger charge is 2.14. The highest BCUT2D eigenvalue weighted by Crippen LogP contribution is 2.21. The number of rotatable bonds is 4. The zero-order valence-electron chi connectivity index (χ0n) is 13.9. The molecule has 0 bridgehead atoms. The van der Waals surface area contributed by atoms with E-state index in [4.69, 9.17) is 11.6 Å². The summed E-state index contributed by atoms with van der Waals surface area (Å²) in [5.41, 5.74) is 3.62. The Bertz CT molecular complexity index is 868. The number of aromatic nitrogens is 1. The van der Waals surface area contributed by atoms with Crippen molar-refractivity contribution < 1.29 is 4.79 Å². The smallest absolute Gasteiger partial charge is 0.268 e. The van der Waals surface area contributed by atoms with Gasteiger partial charge in [0.2, 0.25) is 0 Å². The molecule has 1 heterocycles. The zero-order chi connectivity index (χ0) is 17.3. The van der Waals surface area contributed by atoms with E-state index < -0.39 is 0 Å². The SMILES string of the molecule is CC(NC(=O)c1cc2cc(Cl)ccc2[nH]1)c1ccc(N(C)C)cc1. The first kappa shape index (κ1) is 16.4. The van der Waals surface area contributed by atoms with Gasteiger partial charge >= 0.3 is 0 Å². The van der Waals surface area contributed by atoms with Gasteiger partial charge in [-0.3, -0.25) is 4.79 Å². The van der Waals surface area contributed by atoms with Gasteiger partial charge < -0.3 is 15.2 Å². The summed E-state index contributed by atoms with van der Waals surface area (Å²) < 4.78 is 0. The van der Waals surface area contributed by atoms with Gasteiger partial charge in [0.05, 0.1) is 6.04 Å². The Morgan fingerprint density at radius 2 is 1.83 bits per heavy atom. The molecule has 1 unspecified atom stereocenters. The fourth-order valence-electron chi connectivity index (χ4n) is 2.64. The van der Waals surface area contributed by atoms with E-state index in [1.54, 1.807) is 6.07 Å². The van der Waals surface area contributed by atoms with Crippen LogP contribution in [0.4, 0.5) is 5.69 Å². The first-order chi connectivity index (χ1) is 11.4. The Morgan fingerprint density at radius 1 is 1.12 bits per heavy atom. The number of nitrogens with one attached hydrogen (secondary N) is 2. The van der Waals surface area contributed by atoms with Crippen LogP contribution in [0.1, 0.15) is 29.0 Å². The molecule has 5 heteroatoms. The van der Waals surface area contributed by atoms with Crippen LogP contribution in [0.5, 0.6) is 0 Å². The number of hydrogen-bond donors (Lipinski definition) is 2. The van der Waals surface area contributed by atoms with Gasteiger partial charge in [0.25, 0.3) is 5.91 Å². The molecule has 1 amide bonds. The van der Waals surface area contributed by atoms with E-state index in [0.29, 0.717) is 10.7 Å². The number of carbonyl (C=O) groups excluding carboxylic acids is 1. The van der Waals surface area contributed by atoms with Crippen molar-refractivity contribution in [2.75, 3.05) is 19.0 Å². The molecule has 4 nitrogen and oxygen atoms in total. The van der Waals surface area contributed by atoms with Gasteiger partial charge in [-0.25, -0.2) is 0 Å². The van der Waals surface area contributed by atoms with Gasteiger partial charge in [-0.05, 0) is 48.9 Å². The molecule has 24 heavy (non-hydrogen) atoms. The molecule has 0 spiro atoms. The summed E-state index contributed by atoms with van der Waals surface area (Å²) in [6.45, 7) is 1.97. The van der Waals surface area contributed by atoms with Crippen molar-refractivity contribution in [3.63, 3.8) is 0 Å². The molecule has 3 rings (SSSR count). The minimum atomic E-state index is -0.133. The highest BCUT2D eigenvalue weighted by molar-refractivity contribution is 6.31. The fourth-order valence-corrected chi connectivity index (χ4v) is 2.83. The Morgan fingerprint density at radius 3 is 2.50 bits per heavy atom. The third-order valence-electron chi connectivity index (χ3n) is 4.08. The van der Waals surface area contributed by atoms with Crippen molar-refractivity contribution in [3.8, 4) is 0 Å². The van der Waals surface area contributed by atoms with Crippen LogP contribution >= 0.6 is 11.6 Å². The molecular formula is C19H20ClN3O. The van der Waals surface area contributed by atoms with Crippen LogP contribution in [0.15, 0.2) is 48.5 Å². The predicted octanol–water partition coefficient (Wildman–Crippen LogP) is 4.38. The normalized spacial score (nSPS) is 12.2. The van der Waals surface area contributed by atoms with Crippen molar-refractivity contribution in [2.45, 2.75) is 13.0 Å². The average Bonchev–Trinajstić information content (AvgIpc) is 2.98. The lowest BCUT2D eigenvalue weighted by Crippen LogP contribution is -2.26. The Hall–Kier alpha value is -2.46. The van der Waals surface area contributed by atoms with E-state index >= 15 is 0 Å². The van der Waals surface area contributed by atoms with Crippen LogP contribution in [0.25, 0.3) is 10.9 Å². The lowest BCUT2D eigenvalue weighted by molar-refractivity contribution is 0.0935. The van der Waals surface area contributed by atoms with Gasteiger partial charge in [-0.15, -0.1) is 0 Å². The lowest BCUT2D eigenvalue weighted by Gasteiger charge is -2.16.